The van der Waals surface area contributed by atoms with Gasteiger partial charge in [0.15, 0.2) is 0 Å². The van der Waals surface area contributed by atoms with Crippen LogP contribution in [0.4, 0.5) is 5.69 Å². The van der Waals surface area contributed by atoms with E-state index in [0.717, 1.165) is 58.5 Å². The van der Waals surface area contributed by atoms with Gasteiger partial charge >= 0.3 is 0 Å². The van der Waals surface area contributed by atoms with Crippen molar-refractivity contribution in [2.24, 2.45) is 5.73 Å². The lowest BCUT2D eigenvalue weighted by molar-refractivity contribution is 0.591. The van der Waals surface area contributed by atoms with E-state index in [-0.39, 0.29) is 6.04 Å². The lowest BCUT2D eigenvalue weighted by Gasteiger charge is -2.17. The Hall–Kier alpha value is -4.02. The van der Waals surface area contributed by atoms with E-state index in [2.05, 4.69) is 71.3 Å². The molecule has 2 heterocycles. The minimum atomic E-state index is 0.0218. The van der Waals surface area contributed by atoms with E-state index in [1.807, 2.05) is 18.2 Å². The van der Waals surface area contributed by atoms with Gasteiger partial charge < -0.3 is 20.5 Å². The third kappa shape index (κ3) is 2.82. The van der Waals surface area contributed by atoms with Crippen LogP contribution in [0.5, 0.6) is 0 Å². The van der Waals surface area contributed by atoms with Gasteiger partial charge in [0.1, 0.15) is 11.3 Å². The van der Waals surface area contributed by atoms with Crippen LogP contribution in [0.25, 0.3) is 50.8 Å². The molecule has 2 aliphatic carbocycles. The van der Waals surface area contributed by atoms with Crippen LogP contribution in [0.2, 0.25) is 0 Å². The van der Waals surface area contributed by atoms with Crippen LogP contribution in [0.3, 0.4) is 0 Å². The number of anilines is 1. The van der Waals surface area contributed by atoms with E-state index >= 15 is 0 Å². The van der Waals surface area contributed by atoms with Crippen LogP contribution < -0.4 is 11.5 Å². The Labute approximate surface area is 197 Å². The highest BCUT2D eigenvalue weighted by Gasteiger charge is 2.22. The lowest BCUT2D eigenvalue weighted by atomic mass is 9.95. The molecule has 3 aromatic carbocycles. The molecule has 0 saturated carbocycles. The van der Waals surface area contributed by atoms with Crippen molar-refractivity contribution in [3.05, 3.63) is 95.4 Å². The van der Waals surface area contributed by atoms with E-state index < -0.39 is 0 Å². The molecule has 4 nitrogen and oxygen atoms in total. The Balaban J connectivity index is 1.49. The normalized spacial score (nSPS) is 16.8. The van der Waals surface area contributed by atoms with Gasteiger partial charge in [-0.1, -0.05) is 42.5 Å². The molecule has 2 aliphatic rings. The minimum absolute atomic E-state index is 0.0218. The van der Waals surface area contributed by atoms with Gasteiger partial charge in [-0.15, -0.1) is 0 Å². The van der Waals surface area contributed by atoms with Crippen LogP contribution in [0.15, 0.2) is 77.2 Å². The zero-order chi connectivity index (χ0) is 22.8. The second-order valence-electron chi connectivity index (χ2n) is 9.32. The second-order valence-corrected chi connectivity index (χ2v) is 9.32. The number of benzene rings is 3. The highest BCUT2D eigenvalue weighted by molar-refractivity contribution is 5.95. The number of allylic oxidation sites excluding steroid dienone is 1. The topological polar surface area (TPSA) is 70.1 Å². The Morgan fingerprint density at radius 3 is 2.76 bits per heavy atom. The van der Waals surface area contributed by atoms with E-state index in [0.29, 0.717) is 0 Å². The maximum atomic E-state index is 6.34. The highest BCUT2D eigenvalue weighted by Crippen LogP contribution is 2.40. The molecule has 1 unspecified atom stereocenters. The summed E-state index contributed by atoms with van der Waals surface area (Å²) in [4.78, 5) is 0. The van der Waals surface area contributed by atoms with Crippen molar-refractivity contribution in [1.82, 2.24) is 4.57 Å². The van der Waals surface area contributed by atoms with Gasteiger partial charge in [0, 0.05) is 39.3 Å². The Morgan fingerprint density at radius 2 is 1.82 bits per heavy atom. The first-order valence-corrected chi connectivity index (χ1v) is 11.9. The van der Waals surface area contributed by atoms with Crippen molar-refractivity contribution >= 4 is 39.7 Å². The smallest absolute Gasteiger partial charge is 0.135 e. The first-order valence-electron chi connectivity index (χ1n) is 11.9. The molecule has 0 bridgehead atoms. The number of fused-ring (bicyclic) bond motifs is 6. The summed E-state index contributed by atoms with van der Waals surface area (Å²) in [6.07, 6.45) is 11.5. The van der Waals surface area contributed by atoms with Gasteiger partial charge in [-0.2, -0.15) is 0 Å². The largest absolute Gasteiger partial charge is 0.456 e. The molecule has 4 N–H and O–H groups in total. The average molecular weight is 444 g/mol. The van der Waals surface area contributed by atoms with Crippen LogP contribution in [0.1, 0.15) is 29.0 Å². The second kappa shape index (κ2) is 7.24. The standard InChI is InChI=1S/C30H25N3O/c31-19-11-14-30-25(16-19)24-15-18(9-13-29(24)34-30)21-12-10-20(32)17-28(21)33-26-7-3-1-5-22(26)23-6-2-4-8-27(23)33/h1,3-5,7-15,17,19H,2,6,16,31-32H2. The Morgan fingerprint density at radius 1 is 0.912 bits per heavy atom. The molecule has 4 heteroatoms. The van der Waals surface area contributed by atoms with Crippen LogP contribution >= 0.6 is 0 Å². The van der Waals surface area contributed by atoms with Crippen molar-refractivity contribution in [1.29, 1.82) is 0 Å². The van der Waals surface area contributed by atoms with Gasteiger partial charge in [0.25, 0.3) is 0 Å². The molecular weight excluding hydrogens is 418 g/mol. The molecule has 5 aromatic rings. The summed E-state index contributed by atoms with van der Waals surface area (Å²) in [7, 11) is 0. The summed E-state index contributed by atoms with van der Waals surface area (Å²) in [6.45, 7) is 0. The highest BCUT2D eigenvalue weighted by atomic mass is 16.3. The molecule has 0 radical (unpaired) electrons. The van der Waals surface area contributed by atoms with Crippen LogP contribution in [-0.4, -0.2) is 10.6 Å². The summed E-state index contributed by atoms with van der Waals surface area (Å²) < 4.78 is 8.48. The maximum Gasteiger partial charge on any atom is 0.135 e. The number of para-hydroxylation sites is 1. The first kappa shape index (κ1) is 19.4. The number of aryl methyl sites for hydroxylation is 1. The van der Waals surface area contributed by atoms with Crippen molar-refractivity contribution < 1.29 is 4.42 Å². The molecular formula is C30H25N3O. The summed E-state index contributed by atoms with van der Waals surface area (Å²) >= 11 is 0. The summed E-state index contributed by atoms with van der Waals surface area (Å²) in [5, 5.41) is 2.45. The predicted octanol–water partition coefficient (Wildman–Crippen LogP) is 6.48. The van der Waals surface area contributed by atoms with Gasteiger partial charge in [-0.25, -0.2) is 0 Å². The monoisotopic (exact) mass is 443 g/mol. The van der Waals surface area contributed by atoms with Gasteiger partial charge in [0.2, 0.25) is 0 Å². The van der Waals surface area contributed by atoms with Gasteiger partial charge in [-0.05, 0) is 72.9 Å². The molecule has 34 heavy (non-hydrogen) atoms. The lowest BCUT2D eigenvalue weighted by Crippen LogP contribution is -2.21. The minimum Gasteiger partial charge on any atom is -0.456 e. The average Bonchev–Trinajstić information content (AvgIpc) is 3.39. The fourth-order valence-corrected chi connectivity index (χ4v) is 5.62. The number of hydrogen-bond acceptors (Lipinski definition) is 3. The molecule has 0 spiro atoms. The zero-order valence-electron chi connectivity index (χ0n) is 18.8. The van der Waals surface area contributed by atoms with E-state index in [4.69, 9.17) is 15.9 Å². The Kier molecular flexibility index (Phi) is 4.14. The summed E-state index contributed by atoms with van der Waals surface area (Å²) in [6, 6.07) is 21.4. The van der Waals surface area contributed by atoms with Crippen molar-refractivity contribution in [3.63, 3.8) is 0 Å². The molecule has 0 amide bonds. The number of nitrogens with two attached hydrogens (primary N) is 2. The fraction of sp³-hybridized carbons (Fsp3) is 0.133. The van der Waals surface area contributed by atoms with Crippen LogP contribution in [-0.2, 0) is 12.8 Å². The molecule has 2 aromatic heterocycles. The van der Waals surface area contributed by atoms with Crippen molar-refractivity contribution in [2.45, 2.75) is 25.3 Å². The fourth-order valence-electron chi connectivity index (χ4n) is 5.62. The number of hydrogen-bond donors (Lipinski definition) is 2. The Bertz CT molecular complexity index is 1660. The van der Waals surface area contributed by atoms with Crippen molar-refractivity contribution in [3.8, 4) is 16.8 Å². The maximum absolute atomic E-state index is 6.34. The molecule has 166 valence electrons. The van der Waals surface area contributed by atoms with E-state index in [9.17, 15) is 0 Å². The summed E-state index contributed by atoms with van der Waals surface area (Å²) in [5.74, 6) is 0.919. The number of aromatic nitrogens is 1. The third-order valence-corrected chi connectivity index (χ3v) is 7.19. The summed E-state index contributed by atoms with van der Waals surface area (Å²) in [5.41, 5.74) is 22.7. The third-order valence-electron chi connectivity index (χ3n) is 7.19. The quantitative estimate of drug-likeness (QED) is 0.307. The number of rotatable bonds is 2. The van der Waals surface area contributed by atoms with Crippen molar-refractivity contribution in [2.75, 3.05) is 5.73 Å². The van der Waals surface area contributed by atoms with Crippen LogP contribution in [0, 0.1) is 0 Å². The van der Waals surface area contributed by atoms with E-state index in [1.165, 1.54) is 27.7 Å². The molecule has 0 fully saturated rings. The molecule has 0 aliphatic heterocycles. The molecule has 0 saturated heterocycles. The molecule has 7 rings (SSSR count). The van der Waals surface area contributed by atoms with Gasteiger partial charge in [-0.3, -0.25) is 0 Å². The molecule has 1 atom stereocenters. The number of nitrogens with zero attached hydrogens (tertiary/aromatic N) is 1. The first-order chi connectivity index (χ1) is 16.7. The zero-order valence-corrected chi connectivity index (χ0v) is 18.8. The van der Waals surface area contributed by atoms with E-state index in [1.54, 1.807) is 0 Å². The SMILES string of the molecule is Nc1ccc(-c2ccc3oc4c(c3c2)CC(N)C=C4)c(-n2c3c(c4ccccc42)CCC=C3)c1. The number of nitrogen functional groups attached to an aromatic ring is 1. The number of furan rings is 1. The van der Waals surface area contributed by atoms with Gasteiger partial charge in [0.05, 0.1) is 11.2 Å². The predicted molar refractivity (Wildman–Crippen MR) is 141 cm³/mol.